The van der Waals surface area contributed by atoms with Gasteiger partial charge in [-0.2, -0.15) is 0 Å². The van der Waals surface area contributed by atoms with Crippen molar-refractivity contribution >= 4 is 27.4 Å². The molecule has 2 aromatic rings. The number of nitrogens with zero attached hydrogens (tertiary/aromatic N) is 2. The van der Waals surface area contributed by atoms with E-state index in [1.807, 2.05) is 0 Å². The largest absolute Gasteiger partial charge is 0.437 e. The third kappa shape index (κ3) is 2.83. The highest BCUT2D eigenvalue weighted by molar-refractivity contribution is 9.10. The zero-order valence-electron chi connectivity index (χ0n) is 10.4. The SMILES string of the molecule is CC(=O)c1cccnc1Oc1cccc([N+](=O)[O-])c1Br. The molecule has 0 saturated heterocycles. The second-order valence-electron chi connectivity index (χ2n) is 3.86. The minimum Gasteiger partial charge on any atom is -0.437 e. The highest BCUT2D eigenvalue weighted by Crippen LogP contribution is 2.36. The molecule has 0 aliphatic heterocycles. The summed E-state index contributed by atoms with van der Waals surface area (Å²) in [5.74, 6) is 0.135. The number of carbonyl (C=O) groups excluding carboxylic acids is 1. The summed E-state index contributed by atoms with van der Waals surface area (Å²) in [6.07, 6.45) is 1.48. The maximum Gasteiger partial charge on any atom is 0.287 e. The van der Waals surface area contributed by atoms with E-state index in [2.05, 4.69) is 20.9 Å². The van der Waals surface area contributed by atoms with Gasteiger partial charge in [0.15, 0.2) is 11.5 Å². The average molecular weight is 337 g/mol. The van der Waals surface area contributed by atoms with E-state index >= 15 is 0 Å². The first kappa shape index (κ1) is 14.1. The van der Waals surface area contributed by atoms with E-state index in [4.69, 9.17) is 4.74 Å². The van der Waals surface area contributed by atoms with Gasteiger partial charge in [-0.25, -0.2) is 4.98 Å². The molecule has 102 valence electrons. The first-order valence-corrected chi connectivity index (χ1v) is 6.36. The summed E-state index contributed by atoms with van der Waals surface area (Å²) >= 11 is 3.12. The van der Waals surface area contributed by atoms with Crippen LogP contribution in [0.3, 0.4) is 0 Å². The van der Waals surface area contributed by atoms with Crippen LogP contribution in [0.5, 0.6) is 11.6 Å². The molecule has 0 radical (unpaired) electrons. The summed E-state index contributed by atoms with van der Waals surface area (Å²) in [5, 5.41) is 10.9. The van der Waals surface area contributed by atoms with Crippen LogP contribution in [0.2, 0.25) is 0 Å². The van der Waals surface area contributed by atoms with Crippen molar-refractivity contribution in [2.75, 3.05) is 0 Å². The standard InChI is InChI=1S/C13H9BrN2O4/c1-8(17)9-4-3-7-15-13(9)20-11-6-2-5-10(12(11)14)16(18)19/h2-7H,1H3. The first-order chi connectivity index (χ1) is 9.50. The summed E-state index contributed by atoms with van der Waals surface area (Å²) in [6.45, 7) is 1.40. The van der Waals surface area contributed by atoms with E-state index in [1.54, 1.807) is 18.2 Å². The molecule has 0 aliphatic carbocycles. The maximum atomic E-state index is 11.5. The molecule has 0 amide bonds. The molecule has 1 heterocycles. The fraction of sp³-hybridized carbons (Fsp3) is 0.0769. The Labute approximate surface area is 122 Å². The minimum absolute atomic E-state index is 0.112. The summed E-state index contributed by atoms with van der Waals surface area (Å²) < 4.78 is 5.71. The molecule has 20 heavy (non-hydrogen) atoms. The third-order valence-corrected chi connectivity index (χ3v) is 3.29. The number of benzene rings is 1. The van der Waals surface area contributed by atoms with Crippen molar-refractivity contribution in [2.24, 2.45) is 0 Å². The lowest BCUT2D eigenvalue weighted by Crippen LogP contribution is -2.00. The van der Waals surface area contributed by atoms with E-state index in [9.17, 15) is 14.9 Å². The van der Waals surface area contributed by atoms with E-state index < -0.39 is 4.92 Å². The molecule has 0 bridgehead atoms. The fourth-order valence-corrected chi connectivity index (χ4v) is 2.05. The zero-order chi connectivity index (χ0) is 14.7. The van der Waals surface area contributed by atoms with E-state index in [1.165, 1.54) is 25.3 Å². The Kier molecular flexibility index (Phi) is 4.09. The number of rotatable bonds is 4. The van der Waals surface area contributed by atoms with Gasteiger partial charge in [0.25, 0.3) is 5.69 Å². The number of nitro groups is 1. The molecular weight excluding hydrogens is 328 g/mol. The molecule has 0 aliphatic rings. The number of halogens is 1. The van der Waals surface area contributed by atoms with Gasteiger partial charge in [-0.15, -0.1) is 0 Å². The van der Waals surface area contributed by atoms with Crippen LogP contribution >= 0.6 is 15.9 Å². The molecule has 0 N–H and O–H groups in total. The van der Waals surface area contributed by atoms with Crippen molar-refractivity contribution in [3.05, 3.63) is 56.7 Å². The Bertz CT molecular complexity index is 688. The average Bonchev–Trinajstić information content (AvgIpc) is 2.41. The molecule has 0 unspecified atom stereocenters. The number of carbonyl (C=O) groups is 1. The van der Waals surface area contributed by atoms with Crippen molar-refractivity contribution in [3.63, 3.8) is 0 Å². The predicted octanol–water partition coefficient (Wildman–Crippen LogP) is 3.75. The fourth-order valence-electron chi connectivity index (χ4n) is 1.56. The molecule has 7 heteroatoms. The second kappa shape index (κ2) is 5.79. The number of Topliss-reactive ketones (excluding diaryl/α,β-unsaturated/α-hetero) is 1. The summed E-state index contributed by atoms with van der Waals surface area (Å²) in [5.41, 5.74) is 0.189. The Balaban J connectivity index is 2.43. The van der Waals surface area contributed by atoms with Crippen LogP contribution < -0.4 is 4.74 Å². The van der Waals surface area contributed by atoms with Crippen molar-refractivity contribution < 1.29 is 14.5 Å². The number of ether oxygens (including phenoxy) is 1. The highest BCUT2D eigenvalue weighted by atomic mass is 79.9. The predicted molar refractivity (Wildman–Crippen MR) is 75.1 cm³/mol. The summed E-state index contributed by atoms with van der Waals surface area (Å²) in [7, 11) is 0. The molecule has 0 atom stereocenters. The van der Waals surface area contributed by atoms with Gasteiger partial charge in [0, 0.05) is 12.3 Å². The Hall–Kier alpha value is -2.28. The van der Waals surface area contributed by atoms with Gasteiger partial charge in [-0.1, -0.05) is 6.07 Å². The second-order valence-corrected chi connectivity index (χ2v) is 4.65. The van der Waals surface area contributed by atoms with E-state index in [0.29, 0.717) is 5.56 Å². The van der Waals surface area contributed by atoms with Crippen molar-refractivity contribution in [1.82, 2.24) is 4.98 Å². The van der Waals surface area contributed by atoms with Gasteiger partial charge in [-0.05, 0) is 41.1 Å². The normalized spacial score (nSPS) is 10.1. The lowest BCUT2D eigenvalue weighted by atomic mass is 10.2. The number of aromatic nitrogens is 1. The molecule has 6 nitrogen and oxygen atoms in total. The Morgan fingerprint density at radius 1 is 1.35 bits per heavy atom. The van der Waals surface area contributed by atoms with Crippen LogP contribution in [0, 0.1) is 10.1 Å². The Morgan fingerprint density at radius 3 is 2.75 bits per heavy atom. The van der Waals surface area contributed by atoms with Crippen LogP contribution in [-0.2, 0) is 0 Å². The van der Waals surface area contributed by atoms with Gasteiger partial charge < -0.3 is 4.74 Å². The van der Waals surface area contributed by atoms with E-state index in [-0.39, 0.29) is 27.6 Å². The van der Waals surface area contributed by atoms with Crippen LogP contribution in [0.1, 0.15) is 17.3 Å². The molecule has 0 spiro atoms. The number of pyridine rings is 1. The quantitative estimate of drug-likeness (QED) is 0.482. The third-order valence-electron chi connectivity index (χ3n) is 2.50. The van der Waals surface area contributed by atoms with Gasteiger partial charge >= 0.3 is 0 Å². The van der Waals surface area contributed by atoms with Crippen LogP contribution in [0.15, 0.2) is 41.0 Å². The molecule has 2 rings (SSSR count). The number of hydrogen-bond donors (Lipinski definition) is 0. The molecule has 0 fully saturated rings. The molecule has 1 aromatic carbocycles. The van der Waals surface area contributed by atoms with Gasteiger partial charge in [0.05, 0.1) is 10.5 Å². The van der Waals surface area contributed by atoms with E-state index in [0.717, 1.165) is 0 Å². The number of ketones is 1. The topological polar surface area (TPSA) is 82.3 Å². The van der Waals surface area contributed by atoms with Crippen molar-refractivity contribution in [1.29, 1.82) is 0 Å². The van der Waals surface area contributed by atoms with Crippen LogP contribution in [-0.4, -0.2) is 15.7 Å². The van der Waals surface area contributed by atoms with Gasteiger partial charge in [-0.3, -0.25) is 14.9 Å². The number of nitro benzene ring substituents is 1. The maximum absolute atomic E-state index is 11.5. The monoisotopic (exact) mass is 336 g/mol. The molecule has 1 aromatic heterocycles. The van der Waals surface area contributed by atoms with Crippen LogP contribution in [0.4, 0.5) is 5.69 Å². The molecule has 0 saturated carbocycles. The van der Waals surface area contributed by atoms with Crippen molar-refractivity contribution in [3.8, 4) is 11.6 Å². The molecular formula is C13H9BrN2O4. The number of hydrogen-bond acceptors (Lipinski definition) is 5. The van der Waals surface area contributed by atoms with Gasteiger partial charge in [0.1, 0.15) is 4.47 Å². The van der Waals surface area contributed by atoms with Crippen LogP contribution in [0.25, 0.3) is 0 Å². The zero-order valence-corrected chi connectivity index (χ0v) is 12.0. The van der Waals surface area contributed by atoms with Gasteiger partial charge in [0.2, 0.25) is 5.88 Å². The first-order valence-electron chi connectivity index (χ1n) is 5.57. The lowest BCUT2D eigenvalue weighted by Gasteiger charge is -2.09. The summed E-state index contributed by atoms with van der Waals surface area (Å²) in [6, 6.07) is 7.59. The smallest absolute Gasteiger partial charge is 0.287 e. The minimum atomic E-state index is -0.527. The lowest BCUT2D eigenvalue weighted by molar-refractivity contribution is -0.385. The highest BCUT2D eigenvalue weighted by Gasteiger charge is 2.18. The van der Waals surface area contributed by atoms with Crippen molar-refractivity contribution in [2.45, 2.75) is 6.92 Å². The summed E-state index contributed by atoms with van der Waals surface area (Å²) in [4.78, 5) is 25.8. The Morgan fingerprint density at radius 2 is 2.10 bits per heavy atom.